The van der Waals surface area contributed by atoms with Crippen LogP contribution in [0.15, 0.2) is 20.6 Å². The van der Waals surface area contributed by atoms with Crippen LogP contribution >= 0.6 is 33.7 Å². The molecule has 0 bridgehead atoms. The molecule has 0 aliphatic rings. The van der Waals surface area contributed by atoms with Gasteiger partial charge in [0.2, 0.25) is 0 Å². The average molecular weight is 238 g/mol. The van der Waals surface area contributed by atoms with Gasteiger partial charge in [-0.3, -0.25) is 9.11 Å². The van der Waals surface area contributed by atoms with Crippen molar-refractivity contribution < 1.29 is 9.11 Å². The van der Waals surface area contributed by atoms with E-state index in [1.807, 2.05) is 32.2 Å². The van der Waals surface area contributed by atoms with E-state index in [0.717, 1.165) is 4.21 Å². The Morgan fingerprint density at radius 3 is 2.38 bits per heavy atom. The SMILES string of the molecule is CSc1ccc(S(O)(O)C(C)C)s1. The van der Waals surface area contributed by atoms with Gasteiger partial charge >= 0.3 is 0 Å². The molecule has 1 rings (SSSR count). The van der Waals surface area contributed by atoms with Crippen molar-refractivity contribution in [2.75, 3.05) is 6.26 Å². The van der Waals surface area contributed by atoms with Gasteiger partial charge in [-0.2, -0.15) is 10.6 Å². The third-order valence-electron chi connectivity index (χ3n) is 1.71. The smallest absolute Gasteiger partial charge is 0.112 e. The van der Waals surface area contributed by atoms with E-state index < -0.39 is 10.6 Å². The zero-order chi connectivity index (χ0) is 10.1. The number of thioether (sulfide) groups is 1. The van der Waals surface area contributed by atoms with E-state index in [0.29, 0.717) is 4.21 Å². The molecular formula is C8H14O2S3. The Bertz CT molecular complexity index is 281. The highest BCUT2D eigenvalue weighted by molar-refractivity contribution is 8.26. The third kappa shape index (κ3) is 2.41. The summed E-state index contributed by atoms with van der Waals surface area (Å²) in [6.45, 7) is 3.65. The number of hydrogen-bond acceptors (Lipinski definition) is 4. The minimum absolute atomic E-state index is 0.110. The molecule has 1 aromatic rings. The maximum Gasteiger partial charge on any atom is 0.112 e. The van der Waals surface area contributed by atoms with Crippen LogP contribution in [0, 0.1) is 0 Å². The molecular weight excluding hydrogens is 224 g/mol. The standard InChI is InChI=1S/C8H14O2S3/c1-6(2)13(9,10)8-5-4-7(11-3)12-8/h4-6,9-10H,1-3H3. The number of hydrogen-bond donors (Lipinski definition) is 2. The van der Waals surface area contributed by atoms with Crippen molar-refractivity contribution >= 4 is 33.7 Å². The van der Waals surface area contributed by atoms with Gasteiger partial charge < -0.3 is 0 Å². The van der Waals surface area contributed by atoms with E-state index in [1.165, 1.54) is 11.3 Å². The molecule has 0 aliphatic heterocycles. The highest BCUT2D eigenvalue weighted by Crippen LogP contribution is 2.55. The van der Waals surface area contributed by atoms with Crippen LogP contribution in [0.25, 0.3) is 0 Å². The van der Waals surface area contributed by atoms with Crippen LogP contribution in [-0.2, 0) is 0 Å². The molecule has 0 spiro atoms. The highest BCUT2D eigenvalue weighted by atomic mass is 32.3. The molecule has 5 heteroatoms. The third-order valence-corrected chi connectivity index (χ3v) is 6.70. The zero-order valence-corrected chi connectivity index (χ0v) is 10.3. The van der Waals surface area contributed by atoms with Gasteiger partial charge in [0.15, 0.2) is 0 Å². The highest BCUT2D eigenvalue weighted by Gasteiger charge is 2.21. The quantitative estimate of drug-likeness (QED) is 0.782. The van der Waals surface area contributed by atoms with Gasteiger partial charge in [0.05, 0.1) is 4.21 Å². The van der Waals surface area contributed by atoms with Crippen molar-refractivity contribution in [2.24, 2.45) is 0 Å². The lowest BCUT2D eigenvalue weighted by atomic mass is 10.6. The normalized spacial score (nSPS) is 13.7. The fourth-order valence-corrected chi connectivity index (χ4v) is 4.31. The molecule has 0 aromatic carbocycles. The first-order chi connectivity index (χ1) is 5.98. The maximum atomic E-state index is 9.81. The number of thiophene rings is 1. The predicted octanol–water partition coefficient (Wildman–Crippen LogP) is 3.99. The topological polar surface area (TPSA) is 40.5 Å². The van der Waals surface area contributed by atoms with Gasteiger partial charge in [0.1, 0.15) is 4.21 Å². The molecule has 2 N–H and O–H groups in total. The number of rotatable bonds is 3. The second-order valence-electron chi connectivity index (χ2n) is 2.92. The second-order valence-corrected chi connectivity index (χ2v) is 7.94. The fraction of sp³-hybridized carbons (Fsp3) is 0.500. The minimum atomic E-state index is -2.56. The van der Waals surface area contributed by atoms with E-state index in [1.54, 1.807) is 11.8 Å². The molecule has 0 fully saturated rings. The van der Waals surface area contributed by atoms with Gasteiger partial charge in [-0.05, 0) is 32.2 Å². The maximum absolute atomic E-state index is 9.81. The Kier molecular flexibility index (Phi) is 3.71. The summed E-state index contributed by atoms with van der Waals surface area (Å²) in [6, 6.07) is 3.74. The van der Waals surface area contributed by atoms with Crippen LogP contribution in [0.4, 0.5) is 0 Å². The summed E-state index contributed by atoms with van der Waals surface area (Å²) in [5.41, 5.74) is 0. The summed E-state index contributed by atoms with van der Waals surface area (Å²) < 4.78 is 21.4. The van der Waals surface area contributed by atoms with Crippen LogP contribution in [0.3, 0.4) is 0 Å². The fourth-order valence-electron chi connectivity index (χ4n) is 0.807. The monoisotopic (exact) mass is 238 g/mol. The molecule has 76 valence electrons. The average Bonchev–Trinajstić information content (AvgIpc) is 2.51. The molecule has 0 saturated heterocycles. The van der Waals surface area contributed by atoms with Crippen LogP contribution in [0.2, 0.25) is 0 Å². The van der Waals surface area contributed by atoms with Gasteiger partial charge in [-0.15, -0.1) is 23.1 Å². The summed E-state index contributed by atoms with van der Waals surface area (Å²) in [5, 5.41) is -0.110. The summed E-state index contributed by atoms with van der Waals surface area (Å²) >= 11 is 3.10. The van der Waals surface area contributed by atoms with Crippen LogP contribution in [0.5, 0.6) is 0 Å². The van der Waals surface area contributed by atoms with Crippen LogP contribution in [-0.4, -0.2) is 20.6 Å². The van der Waals surface area contributed by atoms with Gasteiger partial charge in [0, 0.05) is 5.25 Å². The van der Waals surface area contributed by atoms with Crippen molar-refractivity contribution in [2.45, 2.75) is 27.5 Å². The lowest BCUT2D eigenvalue weighted by Crippen LogP contribution is -2.08. The van der Waals surface area contributed by atoms with E-state index in [-0.39, 0.29) is 5.25 Å². The summed E-state index contributed by atoms with van der Waals surface area (Å²) in [4.78, 5) is 0. The second kappa shape index (κ2) is 4.23. The largest absolute Gasteiger partial charge is 0.294 e. The van der Waals surface area contributed by atoms with E-state index in [9.17, 15) is 9.11 Å². The summed E-state index contributed by atoms with van der Waals surface area (Å²) in [5.74, 6) is 0. The Morgan fingerprint density at radius 2 is 2.00 bits per heavy atom. The first kappa shape index (κ1) is 11.4. The van der Waals surface area contributed by atoms with E-state index >= 15 is 0 Å². The molecule has 1 aromatic heterocycles. The van der Waals surface area contributed by atoms with Gasteiger partial charge in [-0.25, -0.2) is 0 Å². The first-order valence-electron chi connectivity index (χ1n) is 3.89. The van der Waals surface area contributed by atoms with Crippen molar-refractivity contribution in [1.29, 1.82) is 0 Å². The van der Waals surface area contributed by atoms with E-state index in [4.69, 9.17) is 0 Å². The minimum Gasteiger partial charge on any atom is -0.294 e. The van der Waals surface area contributed by atoms with Crippen LogP contribution in [0.1, 0.15) is 13.8 Å². The Hall–Kier alpha value is 0.320. The van der Waals surface area contributed by atoms with Gasteiger partial charge in [-0.1, -0.05) is 0 Å². The molecule has 0 atom stereocenters. The molecule has 13 heavy (non-hydrogen) atoms. The van der Waals surface area contributed by atoms with Gasteiger partial charge in [0.25, 0.3) is 0 Å². The molecule has 0 radical (unpaired) electrons. The molecule has 0 unspecified atom stereocenters. The Labute approximate surface area is 88.7 Å². The summed E-state index contributed by atoms with van der Waals surface area (Å²) in [7, 11) is -2.56. The zero-order valence-electron chi connectivity index (χ0n) is 7.85. The Morgan fingerprint density at radius 1 is 1.38 bits per heavy atom. The molecule has 0 aliphatic carbocycles. The molecule has 1 heterocycles. The van der Waals surface area contributed by atoms with Crippen molar-refractivity contribution in [3.05, 3.63) is 12.1 Å². The molecule has 0 saturated carbocycles. The van der Waals surface area contributed by atoms with Crippen molar-refractivity contribution in [3.8, 4) is 0 Å². The lowest BCUT2D eigenvalue weighted by molar-refractivity contribution is 0.479. The van der Waals surface area contributed by atoms with Crippen molar-refractivity contribution in [3.63, 3.8) is 0 Å². The van der Waals surface area contributed by atoms with Crippen molar-refractivity contribution in [1.82, 2.24) is 0 Å². The van der Waals surface area contributed by atoms with E-state index in [2.05, 4.69) is 0 Å². The lowest BCUT2D eigenvalue weighted by Gasteiger charge is -2.34. The molecule has 2 nitrogen and oxygen atoms in total. The summed E-state index contributed by atoms with van der Waals surface area (Å²) in [6.07, 6.45) is 1.98. The first-order valence-corrected chi connectivity index (χ1v) is 7.54. The molecule has 0 amide bonds. The van der Waals surface area contributed by atoms with Crippen LogP contribution < -0.4 is 0 Å². The Balaban J connectivity index is 2.93. The predicted molar refractivity (Wildman–Crippen MR) is 62.4 cm³/mol.